The summed E-state index contributed by atoms with van der Waals surface area (Å²) in [7, 11) is 2.19. The first kappa shape index (κ1) is 56.3. The highest BCUT2D eigenvalue weighted by Crippen LogP contribution is 2.40. The van der Waals surface area contributed by atoms with Gasteiger partial charge in [-0.25, -0.2) is 4.79 Å². The molecule has 412 valence electrons. The number of aryl methyl sites for hydroxylation is 1. The lowest BCUT2D eigenvalue weighted by atomic mass is 9.83. The average molecular weight is 1060 g/mol. The molecule has 4 nitrogen and oxygen atoms in total. The van der Waals surface area contributed by atoms with E-state index in [4.69, 9.17) is 9.15 Å². The molecule has 1 aliphatic rings. The third-order valence-electron chi connectivity index (χ3n) is 16.8. The number of aromatic nitrogens is 1. The number of rotatable bonds is 0. The molecule has 0 atom stereocenters. The molecule has 0 N–H and O–H groups in total. The van der Waals surface area contributed by atoms with E-state index in [1.165, 1.54) is 93.4 Å². The van der Waals surface area contributed by atoms with Crippen molar-refractivity contribution in [1.29, 1.82) is 0 Å². The molecule has 0 aliphatic carbocycles. The maximum atomic E-state index is 12.7. The largest absolute Gasteiger partial charge is 0.422 e. The minimum absolute atomic E-state index is 0.00839. The van der Waals surface area contributed by atoms with Gasteiger partial charge in [0.25, 0.3) is 0 Å². The lowest BCUT2D eigenvalue weighted by Gasteiger charge is -2.21. The highest BCUT2D eigenvalue weighted by atomic mass is 16.5. The normalized spacial score (nSPS) is 13.6. The Bertz CT molecular complexity index is 4290. The van der Waals surface area contributed by atoms with E-state index in [1.807, 2.05) is 12.1 Å². The van der Waals surface area contributed by atoms with Gasteiger partial charge in [-0.2, -0.15) is 0 Å². The summed E-state index contributed by atoms with van der Waals surface area (Å²) in [6.07, 6.45) is 0. The molecule has 4 heteroatoms. The first-order valence-electron chi connectivity index (χ1n) is 28.9. The van der Waals surface area contributed by atoms with Crippen LogP contribution in [0.5, 0.6) is 0 Å². The molecule has 80 heavy (non-hydrogen) atoms. The lowest BCUT2D eigenvalue weighted by molar-refractivity contribution is 0.110. The van der Waals surface area contributed by atoms with Crippen LogP contribution in [0.3, 0.4) is 0 Å². The summed E-state index contributed by atoms with van der Waals surface area (Å²) in [5.74, 6) is 0. The molecule has 0 fully saturated rings. The van der Waals surface area contributed by atoms with Crippen LogP contribution in [-0.4, -0.2) is 4.57 Å². The molecule has 0 spiro atoms. The molecule has 0 saturated heterocycles. The highest BCUT2D eigenvalue weighted by Gasteiger charge is 2.24. The number of benzene rings is 9. The van der Waals surface area contributed by atoms with Crippen molar-refractivity contribution >= 4 is 75.9 Å². The molecule has 2 aromatic heterocycles. The van der Waals surface area contributed by atoms with E-state index in [9.17, 15) is 4.79 Å². The summed E-state index contributed by atoms with van der Waals surface area (Å²) in [6.45, 7) is 41.7. The Morgan fingerprint density at radius 3 is 1.25 bits per heavy atom. The minimum Gasteiger partial charge on any atom is -0.422 e. The van der Waals surface area contributed by atoms with Gasteiger partial charge in [-0.3, -0.25) is 0 Å². The molecule has 0 unspecified atom stereocenters. The van der Waals surface area contributed by atoms with Crippen LogP contribution in [0.15, 0.2) is 155 Å². The Morgan fingerprint density at radius 1 is 0.325 bits per heavy atom. The fraction of sp³-hybridized carbons (Fsp3) is 0.355. The maximum absolute atomic E-state index is 12.7. The summed E-state index contributed by atoms with van der Waals surface area (Å²) >= 11 is 0. The third-order valence-corrected chi connectivity index (χ3v) is 16.8. The molecule has 1 aliphatic heterocycles. The van der Waals surface area contributed by atoms with Crippen molar-refractivity contribution < 1.29 is 9.15 Å². The summed E-state index contributed by atoms with van der Waals surface area (Å²) < 4.78 is 14.1. The summed E-state index contributed by atoms with van der Waals surface area (Å²) in [5, 5.41) is 12.7. The number of hydrogen-bond acceptors (Lipinski definition) is 3. The summed E-state index contributed by atoms with van der Waals surface area (Å²) in [6, 6.07) is 53.8. The Hall–Kier alpha value is -7.01. The predicted octanol–water partition coefficient (Wildman–Crippen LogP) is 20.9. The Balaban J connectivity index is 0.000000135. The van der Waals surface area contributed by atoms with Gasteiger partial charge >= 0.3 is 5.63 Å². The number of hydrogen-bond donors (Lipinski definition) is 0. The van der Waals surface area contributed by atoms with Gasteiger partial charge in [0, 0.05) is 39.6 Å². The van der Waals surface area contributed by atoms with E-state index in [1.54, 1.807) is 0 Å². The lowest BCUT2D eigenvalue weighted by Crippen LogP contribution is -2.11. The zero-order chi connectivity index (χ0) is 57.8. The van der Waals surface area contributed by atoms with Gasteiger partial charge in [-0.15, -0.1) is 0 Å². The van der Waals surface area contributed by atoms with Gasteiger partial charge in [0.05, 0.1) is 18.6 Å². The minimum atomic E-state index is -0.272. The quantitative estimate of drug-likeness (QED) is 0.0864. The van der Waals surface area contributed by atoms with Gasteiger partial charge in [-0.1, -0.05) is 222 Å². The first-order chi connectivity index (χ1) is 37.2. The first-order valence-corrected chi connectivity index (χ1v) is 28.9. The molecule has 0 radical (unpaired) electrons. The average Bonchev–Trinajstić information content (AvgIpc) is 3.51. The van der Waals surface area contributed by atoms with Crippen molar-refractivity contribution in [2.45, 2.75) is 170 Å². The van der Waals surface area contributed by atoms with Crippen LogP contribution in [-0.2, 0) is 57.5 Å². The standard InChI is InChI=1S/C26H30O.C25H29N.C25H26O2/c1-25(2,3)21-8-7-17-14-24-19(11-18(17)12-21)15-27-16-20-13-22(26(4,5)6)9-10-23(20)24;1-24(2,3)18-9-8-16-13-21-20-11-10-19(25(4,5)6)15-23(20)26(7)22(21)14-17(16)12-18;1-24(2,3)17-8-7-15-12-20-19-10-9-18(25(4,5)6)14-22(19)27-23(26)21(20)13-16(15)11-17/h7-14H,15-16H2,1-6H3;8-15H,1-7H3;7-14H,1-6H3. The maximum Gasteiger partial charge on any atom is 0.344 e. The van der Waals surface area contributed by atoms with Crippen molar-refractivity contribution in [1.82, 2.24) is 4.57 Å². The molecular weight excluding hydrogens is 975 g/mol. The van der Waals surface area contributed by atoms with Gasteiger partial charge < -0.3 is 13.7 Å². The van der Waals surface area contributed by atoms with Crippen LogP contribution in [0.1, 0.15) is 169 Å². The summed E-state index contributed by atoms with van der Waals surface area (Å²) in [5.41, 5.74) is 16.9. The topological polar surface area (TPSA) is 44.4 Å². The number of fused-ring (bicyclic) bond motifs is 12. The highest BCUT2D eigenvalue weighted by molar-refractivity contribution is 6.13. The monoisotopic (exact) mass is 1060 g/mol. The zero-order valence-electron chi connectivity index (χ0n) is 51.4. The Kier molecular flexibility index (Phi) is 14.0. The fourth-order valence-electron chi connectivity index (χ4n) is 11.4. The predicted molar refractivity (Wildman–Crippen MR) is 346 cm³/mol. The van der Waals surface area contributed by atoms with Crippen molar-refractivity contribution in [3.63, 3.8) is 0 Å². The van der Waals surface area contributed by atoms with Crippen LogP contribution >= 0.6 is 0 Å². The molecule has 0 amide bonds. The number of ether oxygens (including phenoxy) is 1. The second kappa shape index (κ2) is 19.9. The van der Waals surface area contributed by atoms with E-state index in [2.05, 4.69) is 270 Å². The van der Waals surface area contributed by atoms with E-state index >= 15 is 0 Å². The van der Waals surface area contributed by atoms with Gasteiger partial charge in [-0.05, 0) is 169 Å². The van der Waals surface area contributed by atoms with E-state index < -0.39 is 0 Å². The zero-order valence-corrected chi connectivity index (χ0v) is 51.4. The SMILES string of the molecule is CC(C)(C)c1ccc2c(c1)COCc1cc3cc(C(C)(C)C)ccc3cc1-2.CC(C)(C)c1ccc2cc3c(cc2c1)c(=O)oc1cc(C(C)(C)C)ccc13.Cn1c2cc(C(C)(C)C)ccc2c2cc3ccc(C(C)(C)C)cc3cc21. The molecule has 0 saturated carbocycles. The van der Waals surface area contributed by atoms with Gasteiger partial charge in [0.1, 0.15) is 5.58 Å². The van der Waals surface area contributed by atoms with E-state index in [0.29, 0.717) is 24.2 Å². The van der Waals surface area contributed by atoms with Gasteiger partial charge in [0.2, 0.25) is 0 Å². The molecule has 9 aromatic carbocycles. The Morgan fingerprint density at radius 2 is 0.713 bits per heavy atom. The number of nitrogens with zero attached hydrogens (tertiary/aromatic N) is 1. The van der Waals surface area contributed by atoms with Crippen LogP contribution in [0.2, 0.25) is 0 Å². The smallest absolute Gasteiger partial charge is 0.344 e. The van der Waals surface area contributed by atoms with E-state index in [-0.39, 0.29) is 38.1 Å². The second-order valence-corrected chi connectivity index (χ2v) is 29.2. The molecule has 11 aromatic rings. The van der Waals surface area contributed by atoms with Crippen LogP contribution in [0, 0.1) is 0 Å². The fourth-order valence-corrected chi connectivity index (χ4v) is 11.4. The van der Waals surface area contributed by atoms with Crippen LogP contribution in [0.25, 0.3) is 87.0 Å². The van der Waals surface area contributed by atoms with Crippen LogP contribution < -0.4 is 5.63 Å². The van der Waals surface area contributed by atoms with Crippen molar-refractivity contribution in [2.75, 3.05) is 0 Å². The third kappa shape index (κ3) is 11.1. The second-order valence-electron chi connectivity index (χ2n) is 29.2. The van der Waals surface area contributed by atoms with Crippen molar-refractivity contribution in [3.8, 4) is 11.1 Å². The summed E-state index contributed by atoms with van der Waals surface area (Å²) in [4.78, 5) is 12.7. The van der Waals surface area contributed by atoms with Crippen molar-refractivity contribution in [2.24, 2.45) is 7.05 Å². The van der Waals surface area contributed by atoms with E-state index in [0.717, 1.165) is 27.1 Å². The van der Waals surface area contributed by atoms with Crippen molar-refractivity contribution in [3.05, 3.63) is 201 Å². The Labute approximate surface area is 476 Å². The molecule has 0 bridgehead atoms. The van der Waals surface area contributed by atoms with Gasteiger partial charge in [0.15, 0.2) is 0 Å². The van der Waals surface area contributed by atoms with Crippen LogP contribution in [0.4, 0.5) is 0 Å². The molecule has 12 rings (SSSR count). The molecular formula is C76H85NO3. The molecule has 3 heterocycles.